The van der Waals surface area contributed by atoms with Crippen molar-refractivity contribution in [3.05, 3.63) is 35.9 Å². The predicted molar refractivity (Wildman–Crippen MR) is 85.4 cm³/mol. The fraction of sp³-hybridized carbons (Fsp3) is 0.588. The van der Waals surface area contributed by atoms with Crippen molar-refractivity contribution in [3.63, 3.8) is 0 Å². The van der Waals surface area contributed by atoms with Crippen molar-refractivity contribution < 1.29 is 9.53 Å². The lowest BCUT2D eigenvalue weighted by Crippen LogP contribution is -2.59. The third-order valence-electron chi connectivity index (χ3n) is 3.73. The maximum Gasteiger partial charge on any atom is 0.328 e. The van der Waals surface area contributed by atoms with Gasteiger partial charge >= 0.3 is 5.97 Å². The first-order valence-corrected chi connectivity index (χ1v) is 7.81. The van der Waals surface area contributed by atoms with Crippen molar-refractivity contribution in [2.24, 2.45) is 0 Å². The summed E-state index contributed by atoms with van der Waals surface area (Å²) in [4.78, 5) is 12.3. The first kappa shape index (κ1) is 16.3. The van der Waals surface area contributed by atoms with E-state index in [1.165, 1.54) is 0 Å². The average Bonchev–Trinajstić information content (AvgIpc) is 2.35. The van der Waals surface area contributed by atoms with E-state index in [9.17, 15) is 4.79 Å². The topological polar surface area (TPSA) is 38.3 Å². The zero-order chi connectivity index (χ0) is 15.7. The van der Waals surface area contributed by atoms with E-state index in [1.807, 2.05) is 30.3 Å². The minimum atomic E-state index is -0.743. The molecule has 21 heavy (non-hydrogen) atoms. The summed E-state index contributed by atoms with van der Waals surface area (Å²) in [5.74, 6) is -0.360. The van der Waals surface area contributed by atoms with Gasteiger partial charge < -0.3 is 10.1 Å². The quantitative estimate of drug-likeness (QED) is 0.681. The van der Waals surface area contributed by atoms with E-state index in [-0.39, 0.29) is 23.2 Å². The molecule has 1 heterocycles. The maximum absolute atomic E-state index is 12.3. The van der Waals surface area contributed by atoms with E-state index in [1.54, 1.807) is 0 Å². The summed E-state index contributed by atoms with van der Waals surface area (Å²) in [6.07, 6.45) is 1.48. The number of hydrogen-bond acceptors (Lipinski definition) is 3. The summed E-state index contributed by atoms with van der Waals surface area (Å²) in [5, 5.41) is 2.83. The lowest BCUT2D eigenvalue weighted by molar-refractivity contribution is -0.152. The van der Waals surface area contributed by atoms with Gasteiger partial charge in [0.05, 0.1) is 0 Å². The van der Waals surface area contributed by atoms with Gasteiger partial charge in [-0.1, -0.05) is 30.3 Å². The predicted octanol–water partition coefficient (Wildman–Crippen LogP) is 3.82. The SMILES string of the molecule is CC1(C)CC(OC(=O)C(Cl)c2ccccc2)CC(C)(C)N1. The molecule has 1 aromatic rings. The molecule has 0 aromatic heterocycles. The second kappa shape index (κ2) is 5.98. The average molecular weight is 310 g/mol. The molecule has 0 saturated carbocycles. The first-order chi connectivity index (χ1) is 9.69. The molecule has 1 aliphatic heterocycles. The molecule has 1 aromatic carbocycles. The maximum atomic E-state index is 12.3. The van der Waals surface area contributed by atoms with Gasteiger partial charge in [0.2, 0.25) is 0 Å². The standard InChI is InChI=1S/C17H24ClNO2/c1-16(2)10-13(11-17(3,4)19-16)21-15(20)14(18)12-8-6-5-7-9-12/h5-9,13-14,19H,10-11H2,1-4H3. The number of ether oxygens (including phenoxy) is 1. The number of benzene rings is 1. The highest BCUT2D eigenvalue weighted by atomic mass is 35.5. The summed E-state index contributed by atoms with van der Waals surface area (Å²) >= 11 is 6.23. The molecule has 0 amide bonds. The molecule has 1 atom stereocenters. The van der Waals surface area contributed by atoms with Gasteiger partial charge in [-0.05, 0) is 33.3 Å². The van der Waals surface area contributed by atoms with Crippen LogP contribution in [0, 0.1) is 0 Å². The van der Waals surface area contributed by atoms with Crippen molar-refractivity contribution in [2.75, 3.05) is 0 Å². The van der Waals surface area contributed by atoms with Crippen molar-refractivity contribution >= 4 is 17.6 Å². The minimum absolute atomic E-state index is 0.0543. The smallest absolute Gasteiger partial charge is 0.328 e. The Morgan fingerprint density at radius 1 is 1.19 bits per heavy atom. The first-order valence-electron chi connectivity index (χ1n) is 7.37. The number of piperidine rings is 1. The van der Waals surface area contributed by atoms with Crippen LogP contribution < -0.4 is 5.32 Å². The van der Waals surface area contributed by atoms with Gasteiger partial charge in [0.1, 0.15) is 6.10 Å². The van der Waals surface area contributed by atoms with E-state index < -0.39 is 5.38 Å². The molecule has 116 valence electrons. The number of hydrogen-bond donors (Lipinski definition) is 1. The van der Waals surface area contributed by atoms with Crippen LogP contribution in [-0.4, -0.2) is 23.2 Å². The van der Waals surface area contributed by atoms with Gasteiger partial charge in [0.25, 0.3) is 0 Å². The van der Waals surface area contributed by atoms with Crippen LogP contribution in [0.15, 0.2) is 30.3 Å². The van der Waals surface area contributed by atoms with Gasteiger partial charge in [-0.3, -0.25) is 4.79 Å². The van der Waals surface area contributed by atoms with E-state index in [0.29, 0.717) is 0 Å². The monoisotopic (exact) mass is 309 g/mol. The zero-order valence-corrected chi connectivity index (χ0v) is 13.9. The normalized spacial score (nSPS) is 22.5. The van der Waals surface area contributed by atoms with Crippen molar-refractivity contribution in [2.45, 2.75) is 63.1 Å². The third kappa shape index (κ3) is 4.45. The minimum Gasteiger partial charge on any atom is -0.461 e. The summed E-state index contributed by atoms with van der Waals surface area (Å²) < 4.78 is 5.67. The van der Waals surface area contributed by atoms with Gasteiger partial charge in [-0.15, -0.1) is 11.6 Å². The van der Waals surface area contributed by atoms with E-state index in [2.05, 4.69) is 33.0 Å². The largest absolute Gasteiger partial charge is 0.461 e. The van der Waals surface area contributed by atoms with Crippen LogP contribution in [0.2, 0.25) is 0 Å². The molecule has 1 N–H and O–H groups in total. The van der Waals surface area contributed by atoms with Gasteiger partial charge in [-0.2, -0.15) is 0 Å². The number of esters is 1. The summed E-state index contributed by atoms with van der Waals surface area (Å²) in [7, 11) is 0. The highest BCUT2D eigenvalue weighted by Gasteiger charge is 2.40. The van der Waals surface area contributed by atoms with Crippen molar-refractivity contribution in [1.29, 1.82) is 0 Å². The van der Waals surface area contributed by atoms with Crippen LogP contribution in [0.25, 0.3) is 0 Å². The van der Waals surface area contributed by atoms with Gasteiger partial charge in [0, 0.05) is 23.9 Å². The molecule has 0 aliphatic carbocycles. The number of halogens is 1. The van der Waals surface area contributed by atoms with Crippen molar-refractivity contribution in [1.82, 2.24) is 5.32 Å². The molecule has 3 nitrogen and oxygen atoms in total. The number of nitrogens with one attached hydrogen (secondary N) is 1. The van der Waals surface area contributed by atoms with Crippen LogP contribution in [0.5, 0.6) is 0 Å². The molecular weight excluding hydrogens is 286 g/mol. The van der Waals surface area contributed by atoms with Crippen LogP contribution in [0.1, 0.15) is 51.5 Å². The molecule has 0 bridgehead atoms. The van der Waals surface area contributed by atoms with Crippen LogP contribution in [-0.2, 0) is 9.53 Å². The number of alkyl halides is 1. The molecule has 0 radical (unpaired) electrons. The van der Waals surface area contributed by atoms with Gasteiger partial charge in [-0.25, -0.2) is 0 Å². The Hall–Kier alpha value is -1.06. The molecule has 2 rings (SSSR count). The van der Waals surface area contributed by atoms with E-state index in [4.69, 9.17) is 16.3 Å². The summed E-state index contributed by atoms with van der Waals surface area (Å²) in [5.41, 5.74) is 0.666. The third-order valence-corrected chi connectivity index (χ3v) is 4.16. The summed E-state index contributed by atoms with van der Waals surface area (Å²) in [6.45, 7) is 8.52. The number of carbonyl (C=O) groups excluding carboxylic acids is 1. The van der Waals surface area contributed by atoms with Crippen LogP contribution in [0.4, 0.5) is 0 Å². The van der Waals surface area contributed by atoms with E-state index in [0.717, 1.165) is 18.4 Å². The Morgan fingerprint density at radius 3 is 2.24 bits per heavy atom. The molecular formula is C17H24ClNO2. The Morgan fingerprint density at radius 2 is 1.71 bits per heavy atom. The molecule has 1 saturated heterocycles. The van der Waals surface area contributed by atoms with Crippen LogP contribution in [0.3, 0.4) is 0 Å². The Kier molecular flexibility index (Phi) is 4.64. The number of rotatable bonds is 3. The Labute approximate surface area is 132 Å². The molecule has 1 aliphatic rings. The lowest BCUT2D eigenvalue weighted by atomic mass is 9.81. The zero-order valence-electron chi connectivity index (χ0n) is 13.2. The second-order valence-corrected chi connectivity index (χ2v) is 7.57. The fourth-order valence-electron chi connectivity index (χ4n) is 3.29. The Balaban J connectivity index is 2.02. The van der Waals surface area contributed by atoms with Crippen molar-refractivity contribution in [3.8, 4) is 0 Å². The number of carbonyl (C=O) groups is 1. The fourth-order valence-corrected chi connectivity index (χ4v) is 3.49. The molecule has 1 fully saturated rings. The Bertz CT molecular complexity index is 483. The lowest BCUT2D eigenvalue weighted by Gasteiger charge is -2.46. The second-order valence-electron chi connectivity index (χ2n) is 7.13. The molecule has 1 unspecified atom stereocenters. The summed E-state index contributed by atoms with van der Waals surface area (Å²) in [6, 6.07) is 9.32. The highest BCUT2D eigenvalue weighted by molar-refractivity contribution is 6.29. The highest BCUT2D eigenvalue weighted by Crippen LogP contribution is 2.32. The van der Waals surface area contributed by atoms with E-state index >= 15 is 0 Å². The van der Waals surface area contributed by atoms with Gasteiger partial charge in [0.15, 0.2) is 5.38 Å². The van der Waals surface area contributed by atoms with Crippen LogP contribution >= 0.6 is 11.6 Å². The molecule has 0 spiro atoms. The molecule has 4 heteroatoms.